The van der Waals surface area contributed by atoms with Crippen molar-refractivity contribution in [1.29, 1.82) is 0 Å². The zero-order valence-electron chi connectivity index (χ0n) is 14.4. The lowest BCUT2D eigenvalue weighted by Gasteiger charge is -2.42. The standard InChI is InChI=1S/C19H27N3O2/c1-20-9-11-21(12-10-20)19(23)22-13-17(15-5-3-2-4-6-15)24-18(14-22)16-7-8-16/h2-6,16-18H,7-14H2,1H3/t17-,18+/m0/s1. The van der Waals surface area contributed by atoms with Gasteiger partial charge in [-0.05, 0) is 31.4 Å². The van der Waals surface area contributed by atoms with Gasteiger partial charge in [0, 0.05) is 32.7 Å². The van der Waals surface area contributed by atoms with E-state index in [9.17, 15) is 4.79 Å². The van der Waals surface area contributed by atoms with Crippen LogP contribution in [-0.2, 0) is 4.74 Å². The first-order valence-corrected chi connectivity index (χ1v) is 9.13. The third-order valence-electron chi connectivity index (χ3n) is 5.49. The minimum absolute atomic E-state index is 0.00182. The smallest absolute Gasteiger partial charge is 0.320 e. The minimum Gasteiger partial charge on any atom is -0.366 e. The van der Waals surface area contributed by atoms with Gasteiger partial charge >= 0.3 is 6.03 Å². The van der Waals surface area contributed by atoms with E-state index in [0.29, 0.717) is 12.5 Å². The van der Waals surface area contributed by atoms with Gasteiger partial charge in [-0.1, -0.05) is 30.3 Å². The quantitative estimate of drug-likeness (QED) is 0.835. The number of carbonyl (C=O) groups is 1. The van der Waals surface area contributed by atoms with Crippen molar-refractivity contribution in [2.24, 2.45) is 5.92 Å². The first-order valence-electron chi connectivity index (χ1n) is 9.13. The highest BCUT2D eigenvalue weighted by Crippen LogP contribution is 2.39. The SMILES string of the molecule is CN1CCN(C(=O)N2C[C@@H](c3ccccc3)O[C@@H](C3CC3)C2)CC1. The Morgan fingerprint density at radius 2 is 1.71 bits per heavy atom. The van der Waals surface area contributed by atoms with Crippen LogP contribution >= 0.6 is 0 Å². The molecule has 2 atom stereocenters. The number of likely N-dealkylation sites (N-methyl/N-ethyl adjacent to an activating group) is 1. The average molecular weight is 329 g/mol. The van der Waals surface area contributed by atoms with Crippen LogP contribution in [0.1, 0.15) is 24.5 Å². The zero-order chi connectivity index (χ0) is 16.5. The third-order valence-corrected chi connectivity index (χ3v) is 5.49. The van der Waals surface area contributed by atoms with Gasteiger partial charge in [-0.3, -0.25) is 0 Å². The summed E-state index contributed by atoms with van der Waals surface area (Å²) in [5, 5.41) is 0. The molecule has 3 aliphatic rings. The van der Waals surface area contributed by atoms with Crippen LogP contribution in [0.3, 0.4) is 0 Å². The van der Waals surface area contributed by atoms with Gasteiger partial charge in [0.15, 0.2) is 0 Å². The lowest BCUT2D eigenvalue weighted by Crippen LogP contribution is -2.56. The molecule has 2 aliphatic heterocycles. The molecule has 1 aromatic rings. The van der Waals surface area contributed by atoms with Crippen LogP contribution in [0.2, 0.25) is 0 Å². The fourth-order valence-corrected chi connectivity index (χ4v) is 3.72. The van der Waals surface area contributed by atoms with Gasteiger partial charge in [0.2, 0.25) is 0 Å². The van der Waals surface area contributed by atoms with Crippen molar-refractivity contribution in [1.82, 2.24) is 14.7 Å². The molecule has 0 radical (unpaired) electrons. The molecule has 0 unspecified atom stereocenters. The van der Waals surface area contributed by atoms with Gasteiger partial charge in [0.1, 0.15) is 6.10 Å². The van der Waals surface area contributed by atoms with Gasteiger partial charge in [0.05, 0.1) is 12.6 Å². The molecule has 2 amide bonds. The second-order valence-electron chi connectivity index (χ2n) is 7.39. The van der Waals surface area contributed by atoms with Crippen molar-refractivity contribution in [3.63, 3.8) is 0 Å². The monoisotopic (exact) mass is 329 g/mol. The molecule has 1 aliphatic carbocycles. The number of benzene rings is 1. The van der Waals surface area contributed by atoms with E-state index >= 15 is 0 Å². The molecular weight excluding hydrogens is 302 g/mol. The first kappa shape index (κ1) is 15.9. The van der Waals surface area contributed by atoms with E-state index in [-0.39, 0.29) is 18.2 Å². The van der Waals surface area contributed by atoms with Gasteiger partial charge in [-0.2, -0.15) is 0 Å². The molecule has 1 saturated carbocycles. The highest BCUT2D eigenvalue weighted by molar-refractivity contribution is 5.75. The van der Waals surface area contributed by atoms with Crippen LogP contribution in [0.4, 0.5) is 4.79 Å². The summed E-state index contributed by atoms with van der Waals surface area (Å²) in [4.78, 5) is 19.3. The second-order valence-corrected chi connectivity index (χ2v) is 7.39. The van der Waals surface area contributed by atoms with Crippen molar-refractivity contribution in [2.75, 3.05) is 46.3 Å². The van der Waals surface area contributed by atoms with Gasteiger partial charge < -0.3 is 19.4 Å². The first-order chi connectivity index (χ1) is 11.7. The Morgan fingerprint density at radius 3 is 2.38 bits per heavy atom. The predicted octanol–water partition coefficient (Wildman–Crippen LogP) is 2.21. The molecular formula is C19H27N3O2. The van der Waals surface area contributed by atoms with Crippen molar-refractivity contribution in [3.05, 3.63) is 35.9 Å². The Bertz CT molecular complexity index is 567. The van der Waals surface area contributed by atoms with Crippen molar-refractivity contribution in [3.8, 4) is 0 Å². The summed E-state index contributed by atoms with van der Waals surface area (Å²) in [6.07, 6.45) is 2.67. The maximum Gasteiger partial charge on any atom is 0.320 e. The number of hydrogen-bond acceptors (Lipinski definition) is 3. The van der Waals surface area contributed by atoms with Crippen LogP contribution in [0.5, 0.6) is 0 Å². The summed E-state index contributed by atoms with van der Waals surface area (Å²) < 4.78 is 6.36. The highest BCUT2D eigenvalue weighted by atomic mass is 16.5. The van der Waals surface area contributed by atoms with Crippen LogP contribution in [0.15, 0.2) is 30.3 Å². The Hall–Kier alpha value is -1.59. The van der Waals surface area contributed by atoms with Crippen molar-refractivity contribution < 1.29 is 9.53 Å². The molecule has 0 bridgehead atoms. The Balaban J connectivity index is 1.48. The Kier molecular flexibility index (Phi) is 4.46. The lowest BCUT2D eigenvalue weighted by atomic mass is 10.1. The summed E-state index contributed by atoms with van der Waals surface area (Å²) in [6, 6.07) is 10.5. The molecule has 0 spiro atoms. The van der Waals surface area contributed by atoms with E-state index in [4.69, 9.17) is 4.74 Å². The van der Waals surface area contributed by atoms with Crippen LogP contribution in [-0.4, -0.2) is 73.2 Å². The largest absolute Gasteiger partial charge is 0.366 e. The van der Waals surface area contributed by atoms with E-state index in [0.717, 1.165) is 32.7 Å². The fourth-order valence-electron chi connectivity index (χ4n) is 3.72. The minimum atomic E-state index is 0.00182. The van der Waals surface area contributed by atoms with Gasteiger partial charge in [0.25, 0.3) is 0 Å². The molecule has 1 aromatic carbocycles. The van der Waals surface area contributed by atoms with E-state index < -0.39 is 0 Å². The van der Waals surface area contributed by atoms with Gasteiger partial charge in [-0.25, -0.2) is 4.79 Å². The van der Waals surface area contributed by atoms with E-state index in [1.807, 2.05) is 28.0 Å². The normalized spacial score (nSPS) is 28.9. The lowest BCUT2D eigenvalue weighted by molar-refractivity contribution is -0.0872. The maximum atomic E-state index is 13.0. The number of ether oxygens (including phenoxy) is 1. The highest BCUT2D eigenvalue weighted by Gasteiger charge is 2.41. The number of urea groups is 1. The van der Waals surface area contributed by atoms with E-state index in [2.05, 4.69) is 24.1 Å². The summed E-state index contributed by atoms with van der Waals surface area (Å²) in [7, 11) is 2.12. The Labute approximate surface area is 144 Å². The molecule has 0 N–H and O–H groups in total. The number of hydrogen-bond donors (Lipinski definition) is 0. The van der Waals surface area contributed by atoms with Crippen LogP contribution < -0.4 is 0 Å². The molecule has 3 fully saturated rings. The summed E-state index contributed by atoms with van der Waals surface area (Å²) in [5.74, 6) is 0.638. The number of amides is 2. The molecule has 2 saturated heterocycles. The maximum absolute atomic E-state index is 13.0. The number of rotatable bonds is 2. The molecule has 24 heavy (non-hydrogen) atoms. The summed E-state index contributed by atoms with van der Waals surface area (Å²) in [6.45, 7) is 5.00. The summed E-state index contributed by atoms with van der Waals surface area (Å²) in [5.41, 5.74) is 1.18. The Morgan fingerprint density at radius 1 is 1.00 bits per heavy atom. The topological polar surface area (TPSA) is 36.0 Å². The fraction of sp³-hybridized carbons (Fsp3) is 0.632. The molecule has 2 heterocycles. The molecule has 4 rings (SSSR count). The number of piperazine rings is 1. The number of carbonyl (C=O) groups excluding carboxylic acids is 1. The van der Waals surface area contributed by atoms with Crippen molar-refractivity contribution in [2.45, 2.75) is 25.0 Å². The third kappa shape index (κ3) is 3.42. The number of nitrogens with zero attached hydrogens (tertiary/aromatic N) is 3. The second kappa shape index (κ2) is 6.73. The van der Waals surface area contributed by atoms with E-state index in [1.165, 1.54) is 18.4 Å². The van der Waals surface area contributed by atoms with Gasteiger partial charge in [-0.15, -0.1) is 0 Å². The zero-order valence-corrected chi connectivity index (χ0v) is 14.4. The molecule has 130 valence electrons. The number of morpholine rings is 1. The van der Waals surface area contributed by atoms with E-state index in [1.54, 1.807) is 0 Å². The molecule has 5 nitrogen and oxygen atoms in total. The van der Waals surface area contributed by atoms with Crippen molar-refractivity contribution >= 4 is 6.03 Å². The molecule has 5 heteroatoms. The van der Waals surface area contributed by atoms with Crippen LogP contribution in [0.25, 0.3) is 0 Å². The summed E-state index contributed by atoms with van der Waals surface area (Å²) >= 11 is 0. The average Bonchev–Trinajstić information content (AvgIpc) is 3.47. The van der Waals surface area contributed by atoms with Crippen LogP contribution in [0, 0.1) is 5.92 Å². The molecule has 0 aromatic heterocycles. The predicted molar refractivity (Wildman–Crippen MR) is 92.8 cm³/mol.